The Bertz CT molecular complexity index is 527. The molecule has 1 saturated heterocycles. The fraction of sp³-hybridized carbons (Fsp3) is 0.467. The van der Waals surface area contributed by atoms with E-state index in [2.05, 4.69) is 0 Å². The fourth-order valence-corrected chi connectivity index (χ4v) is 2.82. The fourth-order valence-electron chi connectivity index (χ4n) is 2.63. The van der Waals surface area contributed by atoms with Crippen molar-refractivity contribution in [2.45, 2.75) is 19.4 Å². The molecule has 1 N–H and O–H groups in total. The number of carbonyl (C=O) groups is 2. The Morgan fingerprint density at radius 3 is 2.48 bits per heavy atom. The number of carboxylic acids is 1. The third-order valence-electron chi connectivity index (χ3n) is 3.79. The monoisotopic (exact) mass is 310 g/mol. The minimum absolute atomic E-state index is 0.0551. The molecule has 0 spiro atoms. The van der Waals surface area contributed by atoms with Crippen molar-refractivity contribution in [3.63, 3.8) is 0 Å². The Hall–Kier alpha value is -1.59. The van der Waals surface area contributed by atoms with Crippen LogP contribution in [0.2, 0.25) is 5.02 Å². The van der Waals surface area contributed by atoms with Gasteiger partial charge in [-0.15, -0.1) is 0 Å². The summed E-state index contributed by atoms with van der Waals surface area (Å²) in [5.74, 6) is -0.854. The van der Waals surface area contributed by atoms with E-state index in [-0.39, 0.29) is 5.91 Å². The molecule has 2 rings (SSSR count). The second-order valence-corrected chi connectivity index (χ2v) is 5.54. The van der Waals surface area contributed by atoms with Crippen molar-refractivity contribution in [2.24, 2.45) is 0 Å². The van der Waals surface area contributed by atoms with Gasteiger partial charge in [0, 0.05) is 36.8 Å². The van der Waals surface area contributed by atoms with Crippen molar-refractivity contribution >= 4 is 23.5 Å². The zero-order chi connectivity index (χ0) is 15.4. The number of carbonyl (C=O) groups excluding carboxylic acids is 1. The van der Waals surface area contributed by atoms with E-state index in [1.165, 1.54) is 0 Å². The standard InChI is InChI=1S/C15H19ClN2O3/c1-2-13(15(20)21)17-6-8-18(9-7-17)14(19)11-4-3-5-12(16)10-11/h3-5,10,13H,2,6-9H2,1H3,(H,20,21). The van der Waals surface area contributed by atoms with E-state index in [1.807, 2.05) is 11.8 Å². The molecular weight excluding hydrogens is 292 g/mol. The molecule has 1 aromatic rings. The van der Waals surface area contributed by atoms with E-state index in [1.54, 1.807) is 29.2 Å². The number of aliphatic carboxylic acids is 1. The molecule has 0 aromatic heterocycles. The molecule has 1 unspecified atom stereocenters. The minimum Gasteiger partial charge on any atom is -0.480 e. The number of hydrogen-bond acceptors (Lipinski definition) is 3. The lowest BCUT2D eigenvalue weighted by Gasteiger charge is -2.37. The molecule has 0 radical (unpaired) electrons. The normalized spacial score (nSPS) is 17.5. The van der Waals surface area contributed by atoms with Crippen LogP contribution in [0.3, 0.4) is 0 Å². The molecule has 1 atom stereocenters. The number of rotatable bonds is 4. The largest absolute Gasteiger partial charge is 0.480 e. The van der Waals surface area contributed by atoms with Crippen LogP contribution in [0.25, 0.3) is 0 Å². The van der Waals surface area contributed by atoms with Gasteiger partial charge in [-0.1, -0.05) is 24.6 Å². The van der Waals surface area contributed by atoms with Crippen molar-refractivity contribution in [3.05, 3.63) is 34.9 Å². The molecular formula is C15H19ClN2O3. The predicted molar refractivity (Wildman–Crippen MR) is 80.6 cm³/mol. The van der Waals surface area contributed by atoms with Crippen LogP contribution in [0.5, 0.6) is 0 Å². The first kappa shape index (κ1) is 15.8. The lowest BCUT2D eigenvalue weighted by Crippen LogP contribution is -2.53. The summed E-state index contributed by atoms with van der Waals surface area (Å²) in [6, 6.07) is 6.42. The zero-order valence-electron chi connectivity index (χ0n) is 12.0. The molecule has 114 valence electrons. The van der Waals surface area contributed by atoms with Gasteiger partial charge in [0.2, 0.25) is 0 Å². The number of amides is 1. The molecule has 0 saturated carbocycles. The molecule has 6 heteroatoms. The van der Waals surface area contributed by atoms with Crippen molar-refractivity contribution in [3.8, 4) is 0 Å². The van der Waals surface area contributed by atoms with Crippen molar-refractivity contribution in [1.29, 1.82) is 0 Å². The highest BCUT2D eigenvalue weighted by molar-refractivity contribution is 6.30. The molecule has 1 fully saturated rings. The summed E-state index contributed by atoms with van der Waals surface area (Å²) < 4.78 is 0. The van der Waals surface area contributed by atoms with Gasteiger partial charge in [0.05, 0.1) is 0 Å². The van der Waals surface area contributed by atoms with Crippen molar-refractivity contribution in [1.82, 2.24) is 9.80 Å². The van der Waals surface area contributed by atoms with E-state index in [0.29, 0.717) is 43.2 Å². The van der Waals surface area contributed by atoms with E-state index >= 15 is 0 Å². The number of piperazine rings is 1. The van der Waals surface area contributed by atoms with Gasteiger partial charge in [-0.3, -0.25) is 14.5 Å². The first-order chi connectivity index (χ1) is 10.0. The summed E-state index contributed by atoms with van der Waals surface area (Å²) in [5, 5.41) is 9.71. The third kappa shape index (κ3) is 3.74. The first-order valence-corrected chi connectivity index (χ1v) is 7.42. The average Bonchev–Trinajstić information content (AvgIpc) is 2.47. The van der Waals surface area contributed by atoms with Gasteiger partial charge in [-0.25, -0.2) is 0 Å². The molecule has 1 aliphatic heterocycles. The Morgan fingerprint density at radius 2 is 1.95 bits per heavy atom. The number of carboxylic acid groups (broad SMARTS) is 1. The highest BCUT2D eigenvalue weighted by Gasteiger charge is 2.29. The Morgan fingerprint density at radius 1 is 1.29 bits per heavy atom. The Labute approximate surface area is 129 Å². The maximum Gasteiger partial charge on any atom is 0.320 e. The first-order valence-electron chi connectivity index (χ1n) is 7.04. The molecule has 21 heavy (non-hydrogen) atoms. The summed E-state index contributed by atoms with van der Waals surface area (Å²) in [6.07, 6.45) is 0.567. The van der Waals surface area contributed by atoms with Gasteiger partial charge in [0.15, 0.2) is 0 Å². The number of hydrogen-bond donors (Lipinski definition) is 1. The zero-order valence-corrected chi connectivity index (χ0v) is 12.7. The van der Waals surface area contributed by atoms with Crippen LogP contribution in [-0.4, -0.2) is 59.0 Å². The van der Waals surface area contributed by atoms with Crippen LogP contribution >= 0.6 is 11.6 Å². The van der Waals surface area contributed by atoms with E-state index in [9.17, 15) is 14.7 Å². The average molecular weight is 311 g/mol. The lowest BCUT2D eigenvalue weighted by molar-refractivity contribution is -0.144. The summed E-state index contributed by atoms with van der Waals surface area (Å²) in [4.78, 5) is 27.2. The molecule has 1 amide bonds. The van der Waals surface area contributed by atoms with E-state index in [0.717, 1.165) is 0 Å². The van der Waals surface area contributed by atoms with E-state index < -0.39 is 12.0 Å². The van der Waals surface area contributed by atoms with Gasteiger partial charge >= 0.3 is 5.97 Å². The van der Waals surface area contributed by atoms with Crippen molar-refractivity contribution in [2.75, 3.05) is 26.2 Å². The number of halogens is 1. The maximum absolute atomic E-state index is 12.4. The van der Waals surface area contributed by atoms with Crippen LogP contribution < -0.4 is 0 Å². The van der Waals surface area contributed by atoms with Gasteiger partial charge in [-0.05, 0) is 24.6 Å². The molecule has 1 aliphatic rings. The molecule has 5 nitrogen and oxygen atoms in total. The van der Waals surface area contributed by atoms with Crippen LogP contribution in [0.1, 0.15) is 23.7 Å². The van der Waals surface area contributed by atoms with Crippen molar-refractivity contribution < 1.29 is 14.7 Å². The minimum atomic E-state index is -0.799. The van der Waals surface area contributed by atoms with Gasteiger partial charge < -0.3 is 10.0 Å². The highest BCUT2D eigenvalue weighted by atomic mass is 35.5. The van der Waals surface area contributed by atoms with E-state index in [4.69, 9.17) is 11.6 Å². The summed E-state index contributed by atoms with van der Waals surface area (Å²) in [6.45, 7) is 4.10. The number of benzene rings is 1. The van der Waals surface area contributed by atoms with Crippen LogP contribution in [0.4, 0.5) is 0 Å². The maximum atomic E-state index is 12.4. The van der Waals surface area contributed by atoms with Crippen LogP contribution in [0, 0.1) is 0 Å². The topological polar surface area (TPSA) is 60.9 Å². The molecule has 0 bridgehead atoms. The third-order valence-corrected chi connectivity index (χ3v) is 4.02. The Kier molecular flexibility index (Phi) is 5.20. The van der Waals surface area contributed by atoms with Gasteiger partial charge in [0.25, 0.3) is 5.91 Å². The quantitative estimate of drug-likeness (QED) is 0.923. The SMILES string of the molecule is CCC(C(=O)O)N1CCN(C(=O)c2cccc(Cl)c2)CC1. The predicted octanol–water partition coefficient (Wildman–Crippen LogP) is 1.96. The summed E-state index contributed by atoms with van der Waals surface area (Å²) in [7, 11) is 0. The molecule has 1 heterocycles. The Balaban J connectivity index is 1.97. The highest BCUT2D eigenvalue weighted by Crippen LogP contribution is 2.15. The van der Waals surface area contributed by atoms with Crippen LogP contribution in [-0.2, 0) is 4.79 Å². The summed E-state index contributed by atoms with van der Waals surface area (Å²) >= 11 is 5.90. The van der Waals surface area contributed by atoms with Crippen LogP contribution in [0.15, 0.2) is 24.3 Å². The number of nitrogens with zero attached hydrogens (tertiary/aromatic N) is 2. The van der Waals surface area contributed by atoms with Gasteiger partial charge in [-0.2, -0.15) is 0 Å². The second-order valence-electron chi connectivity index (χ2n) is 5.10. The summed E-state index contributed by atoms with van der Waals surface area (Å²) in [5.41, 5.74) is 0.571. The molecule has 1 aromatic carbocycles. The smallest absolute Gasteiger partial charge is 0.320 e. The van der Waals surface area contributed by atoms with Gasteiger partial charge in [0.1, 0.15) is 6.04 Å². The molecule has 0 aliphatic carbocycles. The lowest BCUT2D eigenvalue weighted by atomic mass is 10.1. The second kappa shape index (κ2) is 6.91.